The molecule has 1 heterocycles. The summed E-state index contributed by atoms with van der Waals surface area (Å²) in [4.78, 5) is 4.49. The van der Waals surface area contributed by atoms with Crippen LogP contribution >= 0.6 is 23.8 Å². The van der Waals surface area contributed by atoms with Crippen molar-refractivity contribution in [3.8, 4) is 0 Å². The maximum Gasteiger partial charge on any atom is 0.241 e. The van der Waals surface area contributed by atoms with E-state index in [9.17, 15) is 0 Å². The summed E-state index contributed by atoms with van der Waals surface area (Å²) in [5, 5.41) is 9.01. The third-order valence-corrected chi connectivity index (χ3v) is 6.10. The lowest BCUT2D eigenvalue weighted by Gasteiger charge is -2.31. The van der Waals surface area contributed by atoms with Gasteiger partial charge in [-0.25, -0.2) is 0 Å². The highest BCUT2D eigenvalue weighted by Crippen LogP contribution is 2.38. The van der Waals surface area contributed by atoms with Crippen LogP contribution in [-0.4, -0.2) is 16.3 Å². The third kappa shape index (κ3) is 6.84. The lowest BCUT2D eigenvalue weighted by Crippen LogP contribution is -2.26. The minimum Gasteiger partial charge on any atom is -0.200 e. The van der Waals surface area contributed by atoms with E-state index < -0.39 is 0 Å². The zero-order chi connectivity index (χ0) is 18.8. The van der Waals surface area contributed by atoms with Gasteiger partial charge in [-0.1, -0.05) is 70.4 Å². The number of unbranched alkanes of at least 4 members (excludes halogenated alkanes) is 5. The highest BCUT2D eigenvalue weighted by molar-refractivity contribution is 7.80. The summed E-state index contributed by atoms with van der Waals surface area (Å²) in [5.41, 5.74) is 1.52. The minimum absolute atomic E-state index is 0.275. The van der Waals surface area contributed by atoms with Gasteiger partial charge in [0.25, 0.3) is 0 Å². The molecule has 3 atom stereocenters. The standard InChI is InChI=1S/C21H34ClN3S/c1-3-5-6-7-8-9-14-19(20-23-21(26)25-24-20)18(11-4-2)16-12-10-13-17(22)15-16/h12,17-19H,3-11,13-15H2,1-2H3. The zero-order valence-corrected chi connectivity index (χ0v) is 18.0. The topological polar surface area (TPSA) is 37.1 Å². The van der Waals surface area contributed by atoms with Gasteiger partial charge >= 0.3 is 0 Å². The fraction of sp³-hybridized carbons (Fsp3) is 0.810. The Morgan fingerprint density at radius 2 is 1.81 bits per heavy atom. The van der Waals surface area contributed by atoms with Gasteiger partial charge in [-0.15, -0.1) is 21.8 Å². The van der Waals surface area contributed by atoms with Gasteiger partial charge < -0.3 is 0 Å². The molecule has 0 bridgehead atoms. The van der Waals surface area contributed by atoms with Gasteiger partial charge in [0.15, 0.2) is 5.84 Å². The van der Waals surface area contributed by atoms with Crippen molar-refractivity contribution in [2.75, 3.05) is 0 Å². The summed E-state index contributed by atoms with van der Waals surface area (Å²) in [6.07, 6.45) is 16.9. The van der Waals surface area contributed by atoms with Crippen molar-refractivity contribution in [1.29, 1.82) is 0 Å². The van der Waals surface area contributed by atoms with E-state index in [1.165, 1.54) is 44.1 Å². The van der Waals surface area contributed by atoms with Gasteiger partial charge in [0.2, 0.25) is 5.11 Å². The molecule has 0 aromatic heterocycles. The molecule has 0 aromatic carbocycles. The Morgan fingerprint density at radius 1 is 1.04 bits per heavy atom. The van der Waals surface area contributed by atoms with Gasteiger partial charge in [-0.3, -0.25) is 0 Å². The van der Waals surface area contributed by atoms with Crippen molar-refractivity contribution in [3.63, 3.8) is 0 Å². The van der Waals surface area contributed by atoms with Crippen LogP contribution in [0.15, 0.2) is 26.9 Å². The first-order chi connectivity index (χ1) is 12.7. The summed E-state index contributed by atoms with van der Waals surface area (Å²) < 4.78 is 0. The largest absolute Gasteiger partial charge is 0.241 e. The highest BCUT2D eigenvalue weighted by atomic mass is 35.5. The van der Waals surface area contributed by atoms with Crippen LogP contribution in [0.5, 0.6) is 0 Å². The first-order valence-electron chi connectivity index (χ1n) is 10.5. The number of hydrogen-bond donors (Lipinski definition) is 0. The molecule has 3 unspecified atom stereocenters. The van der Waals surface area contributed by atoms with Crippen LogP contribution in [0.1, 0.15) is 90.9 Å². The molecule has 26 heavy (non-hydrogen) atoms. The fourth-order valence-electron chi connectivity index (χ4n) is 4.20. The number of rotatable bonds is 12. The number of allylic oxidation sites excluding steroid dienone is 2. The van der Waals surface area contributed by atoms with Crippen molar-refractivity contribution >= 4 is 34.8 Å². The van der Waals surface area contributed by atoms with E-state index in [0.717, 1.165) is 44.4 Å². The lowest BCUT2D eigenvalue weighted by atomic mass is 9.75. The van der Waals surface area contributed by atoms with Gasteiger partial charge in [-0.2, -0.15) is 4.99 Å². The highest BCUT2D eigenvalue weighted by Gasteiger charge is 2.32. The Morgan fingerprint density at radius 3 is 2.46 bits per heavy atom. The Bertz CT molecular complexity index is 541. The molecule has 146 valence electrons. The minimum atomic E-state index is 0.275. The summed E-state index contributed by atoms with van der Waals surface area (Å²) in [6.45, 7) is 4.53. The average molecular weight is 396 g/mol. The monoisotopic (exact) mass is 395 g/mol. The molecule has 0 spiro atoms. The molecule has 0 radical (unpaired) electrons. The number of halogens is 1. The van der Waals surface area contributed by atoms with E-state index in [-0.39, 0.29) is 5.38 Å². The van der Waals surface area contributed by atoms with Crippen molar-refractivity contribution in [2.45, 2.75) is 96.3 Å². The summed E-state index contributed by atoms with van der Waals surface area (Å²) in [7, 11) is 0. The number of alkyl halides is 1. The van der Waals surface area contributed by atoms with E-state index in [1.807, 2.05) is 0 Å². The number of amidine groups is 1. The lowest BCUT2D eigenvalue weighted by molar-refractivity contribution is 0.385. The maximum absolute atomic E-state index is 6.48. The quantitative estimate of drug-likeness (QED) is 0.145. The Kier molecular flexibility index (Phi) is 9.98. The molecular weight excluding hydrogens is 362 g/mol. The van der Waals surface area contributed by atoms with Crippen LogP contribution in [-0.2, 0) is 0 Å². The number of azo groups is 1. The number of nitrogens with zero attached hydrogens (tertiary/aromatic N) is 3. The first kappa shape index (κ1) is 21.7. The fourth-order valence-corrected chi connectivity index (χ4v) is 4.64. The zero-order valence-electron chi connectivity index (χ0n) is 16.4. The van der Waals surface area contributed by atoms with Gasteiger partial charge in [0.1, 0.15) is 0 Å². The first-order valence-corrected chi connectivity index (χ1v) is 11.4. The van der Waals surface area contributed by atoms with E-state index in [4.69, 9.17) is 23.8 Å². The molecule has 5 heteroatoms. The molecule has 0 saturated carbocycles. The molecule has 0 saturated heterocycles. The predicted molar refractivity (Wildman–Crippen MR) is 116 cm³/mol. The molecule has 1 aliphatic carbocycles. The Balaban J connectivity index is 2.06. The number of hydrogen-bond acceptors (Lipinski definition) is 2. The van der Waals surface area contributed by atoms with Gasteiger partial charge in [-0.05, 0) is 50.2 Å². The number of aliphatic imine (C=N–C) groups is 1. The van der Waals surface area contributed by atoms with E-state index in [1.54, 1.807) is 0 Å². The van der Waals surface area contributed by atoms with E-state index in [0.29, 0.717) is 16.9 Å². The van der Waals surface area contributed by atoms with Gasteiger partial charge in [0.05, 0.1) is 0 Å². The normalized spacial score (nSPS) is 22.3. The Labute approximate surface area is 169 Å². The predicted octanol–water partition coefficient (Wildman–Crippen LogP) is 7.64. The molecule has 1 aliphatic heterocycles. The van der Waals surface area contributed by atoms with Crippen molar-refractivity contribution in [3.05, 3.63) is 11.6 Å². The SMILES string of the molecule is CCCCCCCCC(C1=NC(=S)N=N1)C(CCC)C1=CCCC(Cl)C1. The second kappa shape index (κ2) is 12.0. The van der Waals surface area contributed by atoms with Gasteiger partial charge in [0, 0.05) is 11.3 Å². The summed E-state index contributed by atoms with van der Waals surface area (Å²) in [6, 6.07) is 0. The summed E-state index contributed by atoms with van der Waals surface area (Å²) >= 11 is 11.6. The van der Waals surface area contributed by atoms with Crippen molar-refractivity contribution in [1.82, 2.24) is 0 Å². The molecular formula is C21H34ClN3S. The van der Waals surface area contributed by atoms with Crippen LogP contribution < -0.4 is 0 Å². The second-order valence-electron chi connectivity index (χ2n) is 7.67. The molecule has 2 rings (SSSR count). The van der Waals surface area contributed by atoms with Crippen LogP contribution in [0.2, 0.25) is 0 Å². The van der Waals surface area contributed by atoms with Crippen LogP contribution in [0, 0.1) is 11.8 Å². The smallest absolute Gasteiger partial charge is 0.200 e. The van der Waals surface area contributed by atoms with Crippen LogP contribution in [0.3, 0.4) is 0 Å². The molecule has 2 aliphatic rings. The number of thiocarbonyl (C=S) groups is 1. The van der Waals surface area contributed by atoms with Crippen LogP contribution in [0.25, 0.3) is 0 Å². The average Bonchev–Trinajstić information content (AvgIpc) is 3.06. The molecule has 0 aromatic rings. The molecule has 3 nitrogen and oxygen atoms in total. The Hall–Kier alpha value is -0.610. The second-order valence-corrected chi connectivity index (χ2v) is 8.65. The van der Waals surface area contributed by atoms with E-state index >= 15 is 0 Å². The summed E-state index contributed by atoms with van der Waals surface area (Å²) in [5.74, 6) is 1.67. The van der Waals surface area contributed by atoms with Crippen molar-refractivity contribution in [2.24, 2.45) is 27.1 Å². The molecule has 0 N–H and O–H groups in total. The third-order valence-electron chi connectivity index (χ3n) is 5.55. The van der Waals surface area contributed by atoms with Crippen LogP contribution in [0.4, 0.5) is 0 Å². The molecule has 0 fully saturated rings. The molecule has 0 amide bonds. The van der Waals surface area contributed by atoms with E-state index in [2.05, 4.69) is 35.1 Å². The maximum atomic E-state index is 6.48. The van der Waals surface area contributed by atoms with Crippen molar-refractivity contribution < 1.29 is 0 Å².